The molecule has 1 saturated carbocycles. The van der Waals surface area contributed by atoms with Crippen molar-refractivity contribution in [3.63, 3.8) is 0 Å². The van der Waals surface area contributed by atoms with Crippen LogP contribution in [0.4, 0.5) is 4.39 Å². The number of nitrogens with zero attached hydrogens (tertiary/aromatic N) is 3. The number of amides is 1. The van der Waals surface area contributed by atoms with E-state index < -0.39 is 10.0 Å². The second-order valence-corrected chi connectivity index (χ2v) is 14.1. The summed E-state index contributed by atoms with van der Waals surface area (Å²) >= 11 is 3.35. The molecule has 6 nitrogen and oxygen atoms in total. The number of hydrogen-bond donors (Lipinski definition) is 0. The average Bonchev–Trinajstić information content (AvgIpc) is 2.91. The van der Waals surface area contributed by atoms with Gasteiger partial charge in [-0.05, 0) is 78.6 Å². The molecule has 1 amide bonds. The van der Waals surface area contributed by atoms with Crippen molar-refractivity contribution in [3.05, 3.63) is 76.0 Å². The van der Waals surface area contributed by atoms with Crippen LogP contribution in [0.25, 0.3) is 0 Å². The fraction of sp³-hybridized carbons (Fsp3) is 0.483. The van der Waals surface area contributed by atoms with E-state index in [2.05, 4.69) is 40.8 Å². The molecule has 0 N–H and O–H groups in total. The first kappa shape index (κ1) is 27.5. The molecular weight excluding hydrogens is 569 g/mol. The molecule has 6 rings (SSSR count). The highest BCUT2D eigenvalue weighted by Crippen LogP contribution is 2.59. The molecule has 1 heterocycles. The molecule has 2 aromatic carbocycles. The molecule has 9 heteroatoms. The van der Waals surface area contributed by atoms with Crippen LogP contribution in [0.1, 0.15) is 37.0 Å². The van der Waals surface area contributed by atoms with Crippen molar-refractivity contribution < 1.29 is 17.6 Å². The summed E-state index contributed by atoms with van der Waals surface area (Å²) in [5.74, 6) is 0.766. The molecule has 2 fully saturated rings. The Balaban J connectivity index is 1.23. The Morgan fingerprint density at radius 3 is 2.32 bits per heavy atom. The van der Waals surface area contributed by atoms with Crippen molar-refractivity contribution in [2.75, 3.05) is 45.8 Å². The van der Waals surface area contributed by atoms with Gasteiger partial charge in [0.1, 0.15) is 5.82 Å². The molecule has 4 aliphatic rings. The minimum atomic E-state index is -3.54. The molecule has 204 valence electrons. The molecule has 38 heavy (non-hydrogen) atoms. The zero-order valence-corrected chi connectivity index (χ0v) is 24.3. The van der Waals surface area contributed by atoms with Crippen LogP contribution in [0.2, 0.25) is 0 Å². The number of sulfonamides is 1. The Hall–Kier alpha value is -2.07. The van der Waals surface area contributed by atoms with Crippen molar-refractivity contribution in [2.45, 2.75) is 31.6 Å². The van der Waals surface area contributed by atoms with E-state index in [-0.39, 0.29) is 17.1 Å². The zero-order chi connectivity index (χ0) is 27.1. The second kappa shape index (κ2) is 10.8. The van der Waals surface area contributed by atoms with Crippen LogP contribution in [0, 0.1) is 23.1 Å². The first-order chi connectivity index (χ1) is 18.1. The summed E-state index contributed by atoms with van der Waals surface area (Å²) in [7, 11) is -3.54. The number of allylic oxidation sites excluding steroid dienone is 1. The molecule has 0 aromatic heterocycles. The minimum Gasteiger partial charge on any atom is -0.333 e. The normalized spacial score (nSPS) is 23.4. The Kier molecular flexibility index (Phi) is 7.84. The van der Waals surface area contributed by atoms with Crippen LogP contribution in [0.15, 0.2) is 69.5 Å². The van der Waals surface area contributed by atoms with E-state index in [0.717, 1.165) is 16.8 Å². The lowest BCUT2D eigenvalue weighted by molar-refractivity contribution is -0.0105. The van der Waals surface area contributed by atoms with Gasteiger partial charge in [0.15, 0.2) is 0 Å². The molecule has 0 spiro atoms. The van der Waals surface area contributed by atoms with Gasteiger partial charge >= 0.3 is 0 Å². The standard InChI is InChI=1S/C29H35BrFN3O3S/c1-29(2)23-6-3-22(27(29)19-23)20-33(28(35)21-4-9-25(31)10-5-21)16-13-32-14-17-34(18-15-32)38(36,37)26-11-7-24(30)8-12-26/h3-5,7-12,23,27H,6,13-20H2,1-2H3. The Morgan fingerprint density at radius 2 is 1.71 bits per heavy atom. The maximum atomic E-state index is 13.5. The van der Waals surface area contributed by atoms with Gasteiger partial charge in [-0.1, -0.05) is 41.4 Å². The first-order valence-electron chi connectivity index (χ1n) is 13.3. The maximum absolute atomic E-state index is 13.5. The first-order valence-corrected chi connectivity index (χ1v) is 15.5. The van der Waals surface area contributed by atoms with Crippen molar-refractivity contribution in [1.82, 2.24) is 14.1 Å². The molecule has 2 unspecified atom stereocenters. The van der Waals surface area contributed by atoms with Gasteiger partial charge in [0.25, 0.3) is 5.91 Å². The lowest BCUT2D eigenvalue weighted by Gasteiger charge is -2.57. The SMILES string of the molecule is CC1(C)C2CC=C(CN(CCN3CCN(S(=O)(=O)c4ccc(Br)cc4)CC3)C(=O)c3ccc(F)cc3)C1C2. The zero-order valence-electron chi connectivity index (χ0n) is 21.9. The van der Waals surface area contributed by atoms with Gasteiger partial charge in [-0.15, -0.1) is 0 Å². The van der Waals surface area contributed by atoms with E-state index in [1.165, 1.54) is 28.4 Å². The van der Waals surface area contributed by atoms with Crippen LogP contribution in [0.3, 0.4) is 0 Å². The predicted octanol–water partition coefficient (Wildman–Crippen LogP) is 5.03. The number of carbonyl (C=O) groups excluding carboxylic acids is 1. The Morgan fingerprint density at radius 1 is 1.05 bits per heavy atom. The largest absolute Gasteiger partial charge is 0.333 e. The van der Waals surface area contributed by atoms with Crippen molar-refractivity contribution in [1.29, 1.82) is 0 Å². The molecule has 2 bridgehead atoms. The van der Waals surface area contributed by atoms with Crippen LogP contribution in [-0.4, -0.2) is 74.2 Å². The van der Waals surface area contributed by atoms with Crippen LogP contribution in [0.5, 0.6) is 0 Å². The van der Waals surface area contributed by atoms with Crippen LogP contribution < -0.4 is 0 Å². The topological polar surface area (TPSA) is 60.9 Å². The van der Waals surface area contributed by atoms with Crippen molar-refractivity contribution in [3.8, 4) is 0 Å². The van der Waals surface area contributed by atoms with Gasteiger partial charge in [0.05, 0.1) is 4.90 Å². The lowest BCUT2D eigenvalue weighted by Crippen LogP contribution is -2.52. The van der Waals surface area contributed by atoms with Gasteiger partial charge in [0, 0.05) is 55.8 Å². The number of carbonyl (C=O) groups is 1. The number of halogens is 2. The second-order valence-electron chi connectivity index (χ2n) is 11.3. The Bertz CT molecular complexity index is 1300. The maximum Gasteiger partial charge on any atom is 0.254 e. The highest BCUT2D eigenvalue weighted by atomic mass is 79.9. The third-order valence-corrected chi connectivity index (χ3v) is 11.2. The molecule has 1 saturated heterocycles. The minimum absolute atomic E-state index is 0.0957. The summed E-state index contributed by atoms with van der Waals surface area (Å²) in [5, 5.41) is 0. The van der Waals surface area contributed by atoms with E-state index in [0.29, 0.717) is 62.2 Å². The molecular formula is C29H35BrFN3O3S. The number of hydrogen-bond acceptors (Lipinski definition) is 4. The molecule has 3 aliphatic carbocycles. The average molecular weight is 605 g/mol. The number of benzene rings is 2. The monoisotopic (exact) mass is 603 g/mol. The van der Waals surface area contributed by atoms with Gasteiger partial charge in [-0.3, -0.25) is 9.69 Å². The fourth-order valence-corrected chi connectivity index (χ4v) is 7.80. The van der Waals surface area contributed by atoms with E-state index >= 15 is 0 Å². The smallest absolute Gasteiger partial charge is 0.254 e. The molecule has 1 aliphatic heterocycles. The van der Waals surface area contributed by atoms with Gasteiger partial charge in [0.2, 0.25) is 10.0 Å². The summed E-state index contributed by atoms with van der Waals surface area (Å²) in [5.41, 5.74) is 2.09. The highest BCUT2D eigenvalue weighted by Gasteiger charge is 2.51. The fourth-order valence-electron chi connectivity index (χ4n) is 6.11. The van der Waals surface area contributed by atoms with Crippen LogP contribution in [-0.2, 0) is 10.0 Å². The quantitative estimate of drug-likeness (QED) is 0.397. The van der Waals surface area contributed by atoms with Gasteiger partial charge < -0.3 is 4.90 Å². The number of piperazine rings is 1. The van der Waals surface area contributed by atoms with Crippen LogP contribution >= 0.6 is 15.9 Å². The van der Waals surface area contributed by atoms with E-state index in [1.54, 1.807) is 36.4 Å². The van der Waals surface area contributed by atoms with Crippen molar-refractivity contribution >= 4 is 31.9 Å². The van der Waals surface area contributed by atoms with Gasteiger partial charge in [-0.2, -0.15) is 4.31 Å². The van der Waals surface area contributed by atoms with E-state index in [9.17, 15) is 17.6 Å². The summed E-state index contributed by atoms with van der Waals surface area (Å²) in [6.07, 6.45) is 4.57. The van der Waals surface area contributed by atoms with Crippen molar-refractivity contribution in [2.24, 2.45) is 17.3 Å². The summed E-state index contributed by atoms with van der Waals surface area (Å²) in [6, 6.07) is 12.5. The number of rotatable bonds is 8. The van der Waals surface area contributed by atoms with E-state index in [4.69, 9.17) is 0 Å². The van der Waals surface area contributed by atoms with E-state index in [1.807, 2.05) is 4.90 Å². The summed E-state index contributed by atoms with van der Waals surface area (Å²) in [6.45, 7) is 8.45. The summed E-state index contributed by atoms with van der Waals surface area (Å²) < 4.78 is 42.0. The molecule has 2 aromatic rings. The van der Waals surface area contributed by atoms with Gasteiger partial charge in [-0.25, -0.2) is 12.8 Å². The summed E-state index contributed by atoms with van der Waals surface area (Å²) in [4.78, 5) is 17.9. The lowest BCUT2D eigenvalue weighted by atomic mass is 9.49. The molecule has 2 atom stereocenters. The highest BCUT2D eigenvalue weighted by molar-refractivity contribution is 9.10. The predicted molar refractivity (Wildman–Crippen MR) is 150 cm³/mol. The third-order valence-electron chi connectivity index (χ3n) is 8.80. The Labute approximate surface area is 233 Å². The number of fused-ring (bicyclic) bond motifs is 1. The third kappa shape index (κ3) is 5.48. The molecule has 0 radical (unpaired) electrons.